The highest BCUT2D eigenvalue weighted by Crippen LogP contribution is 2.45. The molecule has 5 nitrogen and oxygen atoms in total. The van der Waals surface area contributed by atoms with Crippen molar-refractivity contribution in [3.63, 3.8) is 0 Å². The summed E-state index contributed by atoms with van der Waals surface area (Å²) in [4.78, 5) is 14.4. The zero-order valence-corrected chi connectivity index (χ0v) is 15.3. The van der Waals surface area contributed by atoms with E-state index in [4.69, 9.17) is 0 Å². The average molecular weight is 354 g/mol. The minimum absolute atomic E-state index is 0.102. The summed E-state index contributed by atoms with van der Waals surface area (Å²) < 4.78 is 0. The van der Waals surface area contributed by atoms with E-state index in [1.807, 2.05) is 26.0 Å². The van der Waals surface area contributed by atoms with Crippen molar-refractivity contribution in [3.05, 3.63) is 65.2 Å². The topological polar surface area (TPSA) is 72.8 Å². The van der Waals surface area contributed by atoms with Gasteiger partial charge in [-0.15, -0.1) is 0 Å². The summed E-state index contributed by atoms with van der Waals surface area (Å²) in [6.45, 7) is 4.60. The number of aliphatic hydroxyl groups is 1. The number of likely N-dealkylation sites (N-methyl/N-ethyl adjacent to an activating group) is 1. The molecule has 2 aromatic carbocycles. The number of nitrogens with zero attached hydrogens (tertiary/aromatic N) is 1. The molecule has 1 saturated carbocycles. The highest BCUT2D eigenvalue weighted by Gasteiger charge is 2.46. The first kappa shape index (κ1) is 18.3. The van der Waals surface area contributed by atoms with Crippen molar-refractivity contribution in [2.24, 2.45) is 0 Å². The molecule has 2 amide bonds. The number of aliphatic hydroxyl groups excluding tert-OH is 1. The van der Waals surface area contributed by atoms with Crippen molar-refractivity contribution < 1.29 is 15.0 Å². The van der Waals surface area contributed by atoms with Gasteiger partial charge in [0.15, 0.2) is 0 Å². The monoisotopic (exact) mass is 354 g/mol. The van der Waals surface area contributed by atoms with E-state index in [2.05, 4.69) is 17.4 Å². The number of carbonyl (C=O) groups excluding carboxylic acids is 1. The molecule has 0 heterocycles. The zero-order chi connectivity index (χ0) is 18.7. The molecule has 3 N–H and O–H groups in total. The van der Waals surface area contributed by atoms with Crippen LogP contribution in [0.3, 0.4) is 0 Å². The molecule has 0 saturated heterocycles. The number of phenols is 1. The molecule has 0 unspecified atom stereocenters. The van der Waals surface area contributed by atoms with Gasteiger partial charge in [-0.05, 0) is 49.9 Å². The van der Waals surface area contributed by atoms with Crippen LogP contribution in [-0.4, -0.2) is 34.2 Å². The lowest BCUT2D eigenvalue weighted by Crippen LogP contribution is -2.46. The molecule has 0 aliphatic heterocycles. The van der Waals surface area contributed by atoms with Crippen molar-refractivity contribution in [3.8, 4) is 5.75 Å². The third-order valence-electron chi connectivity index (χ3n) is 4.98. The summed E-state index contributed by atoms with van der Waals surface area (Å²) >= 11 is 0. The third-order valence-corrected chi connectivity index (χ3v) is 4.98. The minimum Gasteiger partial charge on any atom is -0.508 e. The predicted molar refractivity (Wildman–Crippen MR) is 101 cm³/mol. The summed E-state index contributed by atoms with van der Waals surface area (Å²) in [7, 11) is 0. The van der Waals surface area contributed by atoms with E-state index in [1.165, 1.54) is 11.6 Å². The number of amides is 2. The van der Waals surface area contributed by atoms with E-state index < -0.39 is 6.10 Å². The van der Waals surface area contributed by atoms with Crippen LogP contribution in [0.5, 0.6) is 5.75 Å². The van der Waals surface area contributed by atoms with E-state index >= 15 is 0 Å². The van der Waals surface area contributed by atoms with E-state index in [0.717, 1.165) is 18.4 Å². The fourth-order valence-corrected chi connectivity index (χ4v) is 3.24. The third kappa shape index (κ3) is 3.99. The Hall–Kier alpha value is -2.53. The summed E-state index contributed by atoms with van der Waals surface area (Å²) in [5, 5.41) is 23.2. The zero-order valence-electron chi connectivity index (χ0n) is 15.3. The van der Waals surface area contributed by atoms with Crippen molar-refractivity contribution >= 4 is 6.03 Å². The highest BCUT2D eigenvalue weighted by atomic mass is 16.3. The quantitative estimate of drug-likeness (QED) is 0.744. The highest BCUT2D eigenvalue weighted by molar-refractivity contribution is 5.76. The Labute approximate surface area is 154 Å². The smallest absolute Gasteiger partial charge is 0.318 e. The normalized spacial score (nSPS) is 16.0. The predicted octanol–water partition coefficient (Wildman–Crippen LogP) is 3.45. The van der Waals surface area contributed by atoms with Crippen LogP contribution < -0.4 is 5.32 Å². The fraction of sp³-hybridized carbons (Fsp3) is 0.381. The van der Waals surface area contributed by atoms with Crippen molar-refractivity contribution in [2.75, 3.05) is 13.1 Å². The van der Waals surface area contributed by atoms with E-state index in [-0.39, 0.29) is 23.9 Å². The van der Waals surface area contributed by atoms with Crippen molar-refractivity contribution in [1.29, 1.82) is 0 Å². The number of carbonyl (C=O) groups is 1. The number of phenolic OH excluding ortho intramolecular Hbond substituents is 1. The maximum atomic E-state index is 12.8. The Balaban J connectivity index is 1.67. The number of aromatic hydroxyl groups is 1. The van der Waals surface area contributed by atoms with Crippen LogP contribution in [0.4, 0.5) is 4.79 Å². The number of benzene rings is 2. The largest absolute Gasteiger partial charge is 0.508 e. The SMILES string of the molecule is CCN(C[C@H](O)c1cccc(O)c1)C(=O)NC1(c2cccc(C)c2)CC1. The van der Waals surface area contributed by atoms with Gasteiger partial charge < -0.3 is 20.4 Å². The van der Waals surface area contributed by atoms with Crippen LogP contribution in [0.1, 0.15) is 42.6 Å². The van der Waals surface area contributed by atoms with E-state index in [1.54, 1.807) is 23.1 Å². The van der Waals surface area contributed by atoms with Gasteiger partial charge in [0.2, 0.25) is 0 Å². The number of hydrogen-bond acceptors (Lipinski definition) is 3. The van der Waals surface area contributed by atoms with Crippen LogP contribution >= 0.6 is 0 Å². The molecule has 1 atom stereocenters. The number of aryl methyl sites for hydroxylation is 1. The molecule has 0 bridgehead atoms. The number of nitrogens with one attached hydrogen (secondary N) is 1. The maximum Gasteiger partial charge on any atom is 0.318 e. The molecule has 0 aromatic heterocycles. The number of hydrogen-bond donors (Lipinski definition) is 3. The summed E-state index contributed by atoms with van der Waals surface area (Å²) in [5.74, 6) is 0.102. The van der Waals surface area contributed by atoms with Gasteiger partial charge in [-0.1, -0.05) is 42.0 Å². The van der Waals surface area contributed by atoms with Gasteiger partial charge in [0.1, 0.15) is 5.75 Å². The van der Waals surface area contributed by atoms with E-state index in [0.29, 0.717) is 12.1 Å². The molecule has 26 heavy (non-hydrogen) atoms. The minimum atomic E-state index is -0.845. The van der Waals surface area contributed by atoms with Crippen molar-refractivity contribution in [1.82, 2.24) is 10.2 Å². The Morgan fingerprint density at radius 3 is 2.58 bits per heavy atom. The van der Waals surface area contributed by atoms with Gasteiger partial charge in [0, 0.05) is 6.54 Å². The van der Waals surface area contributed by atoms with Gasteiger partial charge in [0.05, 0.1) is 18.2 Å². The summed E-state index contributed by atoms with van der Waals surface area (Å²) in [5.41, 5.74) is 2.62. The molecular formula is C21H26N2O3. The molecule has 1 aliphatic rings. The van der Waals surface area contributed by atoms with Crippen LogP contribution in [0.2, 0.25) is 0 Å². The lowest BCUT2D eigenvalue weighted by molar-refractivity contribution is 0.121. The lowest BCUT2D eigenvalue weighted by Gasteiger charge is -2.28. The Morgan fingerprint density at radius 2 is 1.96 bits per heavy atom. The molecule has 3 rings (SSSR count). The molecule has 0 radical (unpaired) electrons. The molecule has 5 heteroatoms. The standard InChI is InChI=1S/C21H26N2O3/c1-3-23(14-19(25)16-7-5-9-18(24)13-16)20(26)22-21(10-11-21)17-8-4-6-15(2)12-17/h4-9,12-13,19,24-25H,3,10-11,14H2,1-2H3,(H,22,26)/t19-/m0/s1. The molecule has 2 aromatic rings. The number of urea groups is 1. The summed E-state index contributed by atoms with van der Waals surface area (Å²) in [6.07, 6.45) is 1.01. The molecule has 1 fully saturated rings. The first-order valence-electron chi connectivity index (χ1n) is 9.05. The van der Waals surface area contributed by atoms with Gasteiger partial charge >= 0.3 is 6.03 Å². The van der Waals surface area contributed by atoms with Crippen LogP contribution in [-0.2, 0) is 5.54 Å². The van der Waals surface area contributed by atoms with Gasteiger partial charge in [-0.3, -0.25) is 0 Å². The summed E-state index contributed by atoms with van der Waals surface area (Å²) in [6, 6.07) is 14.6. The van der Waals surface area contributed by atoms with E-state index in [9.17, 15) is 15.0 Å². The number of rotatable bonds is 6. The van der Waals surface area contributed by atoms with Gasteiger partial charge in [-0.2, -0.15) is 0 Å². The first-order valence-corrected chi connectivity index (χ1v) is 9.05. The second kappa shape index (κ2) is 7.38. The first-order chi connectivity index (χ1) is 12.4. The Kier molecular flexibility index (Phi) is 5.18. The van der Waals surface area contributed by atoms with Crippen molar-refractivity contribution in [2.45, 2.75) is 38.3 Å². The average Bonchev–Trinajstić information content (AvgIpc) is 3.40. The van der Waals surface area contributed by atoms with Crippen LogP contribution in [0.25, 0.3) is 0 Å². The van der Waals surface area contributed by atoms with Crippen LogP contribution in [0.15, 0.2) is 48.5 Å². The van der Waals surface area contributed by atoms with Crippen LogP contribution in [0, 0.1) is 6.92 Å². The Morgan fingerprint density at radius 1 is 1.23 bits per heavy atom. The van der Waals surface area contributed by atoms with Gasteiger partial charge in [-0.25, -0.2) is 4.79 Å². The molecular weight excluding hydrogens is 328 g/mol. The Bertz CT molecular complexity index is 786. The lowest BCUT2D eigenvalue weighted by atomic mass is 10.0. The fourth-order valence-electron chi connectivity index (χ4n) is 3.24. The second-order valence-electron chi connectivity index (χ2n) is 7.03. The molecule has 138 valence electrons. The maximum absolute atomic E-state index is 12.8. The molecule has 0 spiro atoms. The van der Waals surface area contributed by atoms with Gasteiger partial charge in [0.25, 0.3) is 0 Å². The molecule has 1 aliphatic carbocycles. The second-order valence-corrected chi connectivity index (χ2v) is 7.03.